The van der Waals surface area contributed by atoms with Crippen LogP contribution in [0.1, 0.15) is 31.2 Å². The Hall–Kier alpha value is -0.900. The molecular weight excluding hydrogens is 275 g/mol. The zero-order valence-electron chi connectivity index (χ0n) is 10.6. The lowest BCUT2D eigenvalue weighted by molar-refractivity contribution is -0.137. The van der Waals surface area contributed by atoms with Crippen LogP contribution in [0.15, 0.2) is 24.3 Å². The summed E-state index contributed by atoms with van der Waals surface area (Å²) < 4.78 is 39.2. The van der Waals surface area contributed by atoms with E-state index < -0.39 is 11.7 Å². The van der Waals surface area contributed by atoms with Gasteiger partial charge in [-0.2, -0.15) is 13.2 Å². The Morgan fingerprint density at radius 3 is 2.42 bits per heavy atom. The molecule has 2 rings (SSSR count). The number of nitrogens with zero attached hydrogens (tertiary/aromatic N) is 1. The highest BCUT2D eigenvalue weighted by Gasteiger charge is 2.36. The van der Waals surface area contributed by atoms with Gasteiger partial charge in [0.2, 0.25) is 0 Å². The lowest BCUT2D eigenvalue weighted by Crippen LogP contribution is -2.42. The number of hydrogen-bond donors (Lipinski definition) is 0. The molecule has 1 aliphatic carbocycles. The molecule has 1 aliphatic rings. The van der Waals surface area contributed by atoms with Gasteiger partial charge >= 0.3 is 6.18 Å². The summed E-state index contributed by atoms with van der Waals surface area (Å²) in [4.78, 5) is 1.88. The van der Waals surface area contributed by atoms with Gasteiger partial charge in [-0.25, -0.2) is 0 Å². The van der Waals surface area contributed by atoms with Crippen LogP contribution >= 0.6 is 11.6 Å². The Kier molecular flexibility index (Phi) is 4.61. The summed E-state index contributed by atoms with van der Waals surface area (Å²) in [6, 6.07) is 6.05. The summed E-state index contributed by atoms with van der Waals surface area (Å²) in [5.74, 6) is 0.470. The van der Waals surface area contributed by atoms with E-state index in [9.17, 15) is 13.2 Å². The number of rotatable bonds is 5. The second-order valence-electron chi connectivity index (χ2n) is 4.84. The first-order chi connectivity index (χ1) is 9.04. The molecule has 0 spiro atoms. The average molecular weight is 292 g/mol. The molecule has 0 N–H and O–H groups in total. The fourth-order valence-corrected chi connectivity index (χ4v) is 2.51. The number of para-hydroxylation sites is 1. The van der Waals surface area contributed by atoms with Crippen molar-refractivity contribution in [2.75, 3.05) is 17.3 Å². The van der Waals surface area contributed by atoms with Crippen LogP contribution in [-0.4, -0.2) is 18.5 Å². The predicted octanol–water partition coefficient (Wildman–Crippen LogP) is 4.69. The second-order valence-corrected chi connectivity index (χ2v) is 5.21. The monoisotopic (exact) mass is 291 g/mol. The molecule has 1 aromatic carbocycles. The predicted molar refractivity (Wildman–Crippen MR) is 71.8 cm³/mol. The minimum absolute atomic E-state index is 0.228. The smallest absolute Gasteiger partial charge is 0.368 e. The molecule has 1 nitrogen and oxygen atoms in total. The molecule has 19 heavy (non-hydrogen) atoms. The van der Waals surface area contributed by atoms with Crippen LogP contribution < -0.4 is 4.90 Å². The zero-order chi connectivity index (χ0) is 13.9. The van der Waals surface area contributed by atoms with Crippen molar-refractivity contribution in [3.05, 3.63) is 29.8 Å². The van der Waals surface area contributed by atoms with Crippen LogP contribution in [0.5, 0.6) is 0 Å². The van der Waals surface area contributed by atoms with E-state index in [-0.39, 0.29) is 6.04 Å². The van der Waals surface area contributed by atoms with Gasteiger partial charge in [0.1, 0.15) is 0 Å². The topological polar surface area (TPSA) is 3.24 Å². The molecule has 0 atom stereocenters. The van der Waals surface area contributed by atoms with Crippen LogP contribution in [0.3, 0.4) is 0 Å². The largest absolute Gasteiger partial charge is 0.418 e. The fourth-order valence-electron chi connectivity index (χ4n) is 2.39. The van der Waals surface area contributed by atoms with Crippen molar-refractivity contribution in [3.8, 4) is 0 Å². The van der Waals surface area contributed by atoms with Crippen LogP contribution in [0.2, 0.25) is 0 Å². The summed E-state index contributed by atoms with van der Waals surface area (Å²) in [6.07, 6.45) is -0.580. The van der Waals surface area contributed by atoms with Gasteiger partial charge < -0.3 is 4.90 Å². The number of alkyl halides is 4. The van der Waals surface area contributed by atoms with Crippen molar-refractivity contribution in [2.45, 2.75) is 37.9 Å². The van der Waals surface area contributed by atoms with Crippen molar-refractivity contribution >= 4 is 17.3 Å². The van der Waals surface area contributed by atoms with Crippen LogP contribution in [0.25, 0.3) is 0 Å². The first kappa shape index (κ1) is 14.5. The molecule has 0 bridgehead atoms. The van der Waals surface area contributed by atoms with E-state index in [2.05, 4.69) is 0 Å². The molecule has 0 heterocycles. The van der Waals surface area contributed by atoms with E-state index in [4.69, 9.17) is 11.6 Å². The highest BCUT2D eigenvalue weighted by Crippen LogP contribution is 2.39. The molecule has 1 saturated carbocycles. The highest BCUT2D eigenvalue weighted by molar-refractivity contribution is 6.17. The molecule has 0 radical (unpaired) electrons. The molecule has 0 aliphatic heterocycles. The van der Waals surface area contributed by atoms with Crippen molar-refractivity contribution in [3.63, 3.8) is 0 Å². The van der Waals surface area contributed by atoms with Gasteiger partial charge in [-0.15, -0.1) is 11.6 Å². The van der Waals surface area contributed by atoms with Crippen LogP contribution in [0.4, 0.5) is 18.9 Å². The van der Waals surface area contributed by atoms with Crippen molar-refractivity contribution < 1.29 is 13.2 Å². The standard InChI is InChI=1S/C14H17ClF3N/c15-9-4-10-19(11-5-3-6-11)13-8-2-1-7-12(13)14(16,17)18/h1-2,7-8,11H,3-6,9-10H2. The van der Waals surface area contributed by atoms with E-state index in [0.29, 0.717) is 24.5 Å². The molecule has 0 unspecified atom stereocenters. The summed E-state index contributed by atoms with van der Waals surface area (Å²) >= 11 is 5.68. The third-order valence-corrected chi connectivity index (χ3v) is 3.83. The Bertz CT molecular complexity index is 415. The van der Waals surface area contributed by atoms with E-state index in [0.717, 1.165) is 25.3 Å². The van der Waals surface area contributed by atoms with Gasteiger partial charge in [-0.05, 0) is 37.8 Å². The third-order valence-electron chi connectivity index (χ3n) is 3.57. The number of anilines is 1. The lowest BCUT2D eigenvalue weighted by Gasteiger charge is -2.40. The lowest BCUT2D eigenvalue weighted by atomic mass is 9.90. The molecule has 0 saturated heterocycles. The van der Waals surface area contributed by atoms with Gasteiger partial charge in [0.15, 0.2) is 0 Å². The summed E-state index contributed by atoms with van der Waals surface area (Å²) in [7, 11) is 0. The van der Waals surface area contributed by atoms with Gasteiger partial charge in [0.25, 0.3) is 0 Å². The first-order valence-corrected chi connectivity index (χ1v) is 7.06. The van der Waals surface area contributed by atoms with Gasteiger partial charge in [0.05, 0.1) is 5.56 Å². The van der Waals surface area contributed by atoms with Crippen molar-refractivity contribution in [1.29, 1.82) is 0 Å². The minimum Gasteiger partial charge on any atom is -0.368 e. The number of benzene rings is 1. The molecular formula is C14H17ClF3N. The molecule has 5 heteroatoms. The highest BCUT2D eigenvalue weighted by atomic mass is 35.5. The van der Waals surface area contributed by atoms with Gasteiger partial charge in [-0.1, -0.05) is 12.1 Å². The molecule has 1 aromatic rings. The van der Waals surface area contributed by atoms with E-state index in [1.807, 2.05) is 4.90 Å². The zero-order valence-corrected chi connectivity index (χ0v) is 11.3. The SMILES string of the molecule is FC(F)(F)c1ccccc1N(CCCCl)C1CCC1. The Morgan fingerprint density at radius 2 is 1.89 bits per heavy atom. The number of halogens is 4. The number of hydrogen-bond acceptors (Lipinski definition) is 1. The maximum atomic E-state index is 13.1. The van der Waals surface area contributed by atoms with E-state index in [1.165, 1.54) is 6.07 Å². The first-order valence-electron chi connectivity index (χ1n) is 6.53. The summed E-state index contributed by atoms with van der Waals surface area (Å²) in [5, 5.41) is 0. The molecule has 0 amide bonds. The third kappa shape index (κ3) is 3.35. The van der Waals surface area contributed by atoms with Crippen LogP contribution in [-0.2, 0) is 6.18 Å². The fraction of sp³-hybridized carbons (Fsp3) is 0.571. The Morgan fingerprint density at radius 1 is 1.21 bits per heavy atom. The Balaban J connectivity index is 2.29. The van der Waals surface area contributed by atoms with Crippen molar-refractivity contribution in [2.24, 2.45) is 0 Å². The normalized spacial score (nSPS) is 16.2. The molecule has 1 fully saturated rings. The van der Waals surface area contributed by atoms with Crippen LogP contribution in [0, 0.1) is 0 Å². The van der Waals surface area contributed by atoms with Crippen molar-refractivity contribution in [1.82, 2.24) is 0 Å². The summed E-state index contributed by atoms with van der Waals surface area (Å²) in [6.45, 7) is 0.585. The quantitative estimate of drug-likeness (QED) is 0.711. The Labute approximate surface area is 116 Å². The van der Waals surface area contributed by atoms with Gasteiger partial charge in [0, 0.05) is 24.2 Å². The molecule has 106 valence electrons. The van der Waals surface area contributed by atoms with Gasteiger partial charge in [-0.3, -0.25) is 0 Å². The minimum atomic E-state index is -4.31. The summed E-state index contributed by atoms with van der Waals surface area (Å²) in [5.41, 5.74) is -0.249. The maximum absolute atomic E-state index is 13.1. The van der Waals surface area contributed by atoms with E-state index >= 15 is 0 Å². The second kappa shape index (κ2) is 6.04. The molecule has 0 aromatic heterocycles. The van der Waals surface area contributed by atoms with E-state index in [1.54, 1.807) is 12.1 Å². The average Bonchev–Trinajstić information content (AvgIpc) is 2.31. The maximum Gasteiger partial charge on any atom is 0.418 e.